The molecule has 0 bridgehead atoms. The Morgan fingerprint density at radius 3 is 2.54 bits per heavy atom. The lowest BCUT2D eigenvalue weighted by Gasteiger charge is -2.25. The van der Waals surface area contributed by atoms with E-state index in [0.29, 0.717) is 19.6 Å². The number of hydrogen-bond donors (Lipinski definition) is 2. The van der Waals surface area contributed by atoms with Crippen LogP contribution in [0.2, 0.25) is 0 Å². The number of ether oxygens (including phenoxy) is 1. The summed E-state index contributed by atoms with van der Waals surface area (Å²) in [5, 5.41) is 0. The maximum absolute atomic E-state index is 12.4. The second kappa shape index (κ2) is 7.86. The van der Waals surface area contributed by atoms with E-state index in [2.05, 4.69) is 10.9 Å². The number of carbonyl (C=O) groups is 3. The highest BCUT2D eigenvalue weighted by Gasteiger charge is 2.37. The van der Waals surface area contributed by atoms with Crippen molar-refractivity contribution in [3.05, 3.63) is 35.9 Å². The van der Waals surface area contributed by atoms with Gasteiger partial charge in [-0.1, -0.05) is 30.3 Å². The summed E-state index contributed by atoms with van der Waals surface area (Å²) in [6.07, 6.45) is 0.650. The van der Waals surface area contributed by atoms with E-state index >= 15 is 0 Å². The topological polar surface area (TPSA) is 87.7 Å². The van der Waals surface area contributed by atoms with Gasteiger partial charge in [0.2, 0.25) is 17.7 Å². The maximum atomic E-state index is 12.4. The monoisotopic (exact) mass is 359 g/mol. The van der Waals surface area contributed by atoms with Crippen LogP contribution >= 0.6 is 0 Å². The number of amides is 3. The van der Waals surface area contributed by atoms with Gasteiger partial charge in [-0.3, -0.25) is 25.2 Å². The Morgan fingerprint density at radius 2 is 1.88 bits per heavy atom. The first kappa shape index (κ1) is 18.4. The smallest absolute Gasteiger partial charge is 0.244 e. The van der Waals surface area contributed by atoms with Crippen molar-refractivity contribution in [2.24, 2.45) is 11.8 Å². The van der Waals surface area contributed by atoms with Gasteiger partial charge in [0.15, 0.2) is 0 Å². The van der Waals surface area contributed by atoms with Crippen LogP contribution in [-0.4, -0.2) is 41.9 Å². The molecule has 0 aromatic heterocycles. The van der Waals surface area contributed by atoms with Crippen molar-refractivity contribution in [1.29, 1.82) is 0 Å². The van der Waals surface area contributed by atoms with E-state index in [1.54, 1.807) is 4.90 Å². The van der Waals surface area contributed by atoms with Gasteiger partial charge in [-0.15, -0.1) is 0 Å². The fraction of sp³-hybridized carbons (Fsp3) is 0.526. The predicted molar refractivity (Wildman–Crippen MR) is 94.5 cm³/mol. The van der Waals surface area contributed by atoms with Crippen LogP contribution in [0.1, 0.15) is 38.3 Å². The van der Waals surface area contributed by atoms with Crippen molar-refractivity contribution in [3.63, 3.8) is 0 Å². The summed E-state index contributed by atoms with van der Waals surface area (Å²) >= 11 is 0. The summed E-state index contributed by atoms with van der Waals surface area (Å²) in [4.78, 5) is 38.5. The lowest BCUT2D eigenvalue weighted by atomic mass is 10.0. The average Bonchev–Trinajstić information content (AvgIpc) is 3.25. The molecule has 2 N–H and O–H groups in total. The Labute approximate surface area is 153 Å². The third-order valence-corrected chi connectivity index (χ3v) is 5.30. The summed E-state index contributed by atoms with van der Waals surface area (Å²) in [5.74, 6) is -1.35. The molecular weight excluding hydrogens is 334 g/mol. The minimum atomic E-state index is -0.466. The highest BCUT2D eigenvalue weighted by molar-refractivity contribution is 5.90. The summed E-state index contributed by atoms with van der Waals surface area (Å²) in [5.41, 5.74) is 5.98. The third kappa shape index (κ3) is 3.88. The van der Waals surface area contributed by atoms with Gasteiger partial charge in [0.1, 0.15) is 0 Å². The minimum absolute atomic E-state index is 0.0503. The van der Waals surface area contributed by atoms with Crippen molar-refractivity contribution >= 4 is 17.7 Å². The van der Waals surface area contributed by atoms with Gasteiger partial charge in [-0.25, -0.2) is 0 Å². The number of hydrazine groups is 1. The van der Waals surface area contributed by atoms with Gasteiger partial charge >= 0.3 is 0 Å². The second-order valence-corrected chi connectivity index (χ2v) is 6.98. The van der Waals surface area contributed by atoms with Crippen molar-refractivity contribution in [2.75, 3.05) is 13.2 Å². The number of nitrogens with one attached hydrogen (secondary N) is 2. The molecular formula is C19H25N3O4. The molecule has 0 radical (unpaired) electrons. The molecule has 0 saturated carbocycles. The van der Waals surface area contributed by atoms with Crippen molar-refractivity contribution in [1.82, 2.24) is 15.8 Å². The van der Waals surface area contributed by atoms with Gasteiger partial charge in [0.25, 0.3) is 0 Å². The number of hydrogen-bond acceptors (Lipinski definition) is 4. The van der Waals surface area contributed by atoms with Gasteiger partial charge in [0.05, 0.1) is 24.0 Å². The molecule has 2 fully saturated rings. The maximum Gasteiger partial charge on any atom is 0.244 e. The SMILES string of the molecule is CC1OCCC1C(=O)NNC(=O)C1CC(=O)N(C(C)c2ccccc2)C1. The van der Waals surface area contributed by atoms with E-state index in [0.717, 1.165) is 5.56 Å². The zero-order valence-electron chi connectivity index (χ0n) is 15.1. The molecule has 7 nitrogen and oxygen atoms in total. The first-order chi connectivity index (χ1) is 12.5. The fourth-order valence-electron chi connectivity index (χ4n) is 3.59. The number of carbonyl (C=O) groups excluding carboxylic acids is 3. The standard InChI is InChI=1S/C19H25N3O4/c1-12(14-6-4-3-5-7-14)22-11-15(10-17(22)23)18(24)20-21-19(25)16-8-9-26-13(16)2/h3-7,12-13,15-16H,8-11H2,1-2H3,(H,20,24)(H,21,25). The van der Waals surface area contributed by atoms with Gasteiger partial charge in [-0.2, -0.15) is 0 Å². The van der Waals surface area contributed by atoms with Gasteiger partial charge < -0.3 is 9.64 Å². The molecule has 2 aliphatic heterocycles. The zero-order valence-corrected chi connectivity index (χ0v) is 15.1. The quantitative estimate of drug-likeness (QED) is 0.790. The van der Waals surface area contributed by atoms with Crippen molar-refractivity contribution in [2.45, 2.75) is 38.8 Å². The van der Waals surface area contributed by atoms with E-state index < -0.39 is 5.92 Å². The number of nitrogens with zero attached hydrogens (tertiary/aromatic N) is 1. The highest BCUT2D eigenvalue weighted by atomic mass is 16.5. The van der Waals surface area contributed by atoms with Crippen LogP contribution in [0.4, 0.5) is 0 Å². The van der Waals surface area contributed by atoms with Crippen LogP contribution in [0.15, 0.2) is 30.3 Å². The van der Waals surface area contributed by atoms with Gasteiger partial charge in [0, 0.05) is 19.6 Å². The Hall–Kier alpha value is -2.41. The Kier molecular flexibility index (Phi) is 5.56. The third-order valence-electron chi connectivity index (χ3n) is 5.30. The van der Waals surface area contributed by atoms with Crippen LogP contribution in [0.3, 0.4) is 0 Å². The molecule has 0 spiro atoms. The molecule has 4 unspecified atom stereocenters. The molecule has 26 heavy (non-hydrogen) atoms. The summed E-state index contributed by atoms with van der Waals surface area (Å²) < 4.78 is 5.36. The van der Waals surface area contributed by atoms with E-state index in [9.17, 15) is 14.4 Å². The number of rotatable bonds is 4. The van der Waals surface area contributed by atoms with E-state index in [1.807, 2.05) is 44.2 Å². The lowest BCUT2D eigenvalue weighted by molar-refractivity contribution is -0.133. The van der Waals surface area contributed by atoms with E-state index in [1.165, 1.54) is 0 Å². The normalized spacial score (nSPS) is 26.6. The predicted octanol–water partition coefficient (Wildman–Crippen LogP) is 1.17. The molecule has 2 aliphatic rings. The summed E-state index contributed by atoms with van der Waals surface area (Å²) in [7, 11) is 0. The molecule has 1 aromatic carbocycles. The lowest BCUT2D eigenvalue weighted by Crippen LogP contribution is -2.48. The molecule has 2 heterocycles. The minimum Gasteiger partial charge on any atom is -0.378 e. The first-order valence-electron chi connectivity index (χ1n) is 9.03. The zero-order chi connectivity index (χ0) is 18.7. The Balaban J connectivity index is 1.53. The number of likely N-dealkylation sites (tertiary alicyclic amines) is 1. The number of benzene rings is 1. The molecule has 1 aromatic rings. The molecule has 4 atom stereocenters. The van der Waals surface area contributed by atoms with Crippen LogP contribution < -0.4 is 10.9 Å². The van der Waals surface area contributed by atoms with Crippen LogP contribution in [0.25, 0.3) is 0 Å². The summed E-state index contributed by atoms with van der Waals surface area (Å²) in [6.45, 7) is 4.70. The summed E-state index contributed by atoms with van der Waals surface area (Å²) in [6, 6.07) is 9.64. The fourth-order valence-corrected chi connectivity index (χ4v) is 3.59. The van der Waals surface area contributed by atoms with Gasteiger partial charge in [-0.05, 0) is 25.8 Å². The molecule has 140 valence electrons. The van der Waals surface area contributed by atoms with Crippen molar-refractivity contribution < 1.29 is 19.1 Å². The van der Waals surface area contributed by atoms with Crippen LogP contribution in [0, 0.1) is 11.8 Å². The first-order valence-corrected chi connectivity index (χ1v) is 9.03. The molecule has 3 rings (SSSR count). The Bertz CT molecular complexity index is 679. The van der Waals surface area contributed by atoms with E-state index in [4.69, 9.17) is 4.74 Å². The van der Waals surface area contributed by atoms with Crippen LogP contribution in [-0.2, 0) is 19.1 Å². The molecule has 7 heteroatoms. The molecule has 0 aliphatic carbocycles. The average molecular weight is 359 g/mol. The Morgan fingerprint density at radius 1 is 1.19 bits per heavy atom. The largest absolute Gasteiger partial charge is 0.378 e. The van der Waals surface area contributed by atoms with Crippen LogP contribution in [0.5, 0.6) is 0 Å². The van der Waals surface area contributed by atoms with Crippen molar-refractivity contribution in [3.8, 4) is 0 Å². The molecule has 3 amide bonds. The van der Waals surface area contributed by atoms with E-state index in [-0.39, 0.29) is 42.2 Å². The molecule has 2 saturated heterocycles. The highest BCUT2D eigenvalue weighted by Crippen LogP contribution is 2.28. The second-order valence-electron chi connectivity index (χ2n) is 6.98.